The number of hydrogen-bond acceptors (Lipinski definition) is 6. The largest absolute Gasteiger partial charge is 0.497 e. The summed E-state index contributed by atoms with van der Waals surface area (Å²) >= 11 is 0. The van der Waals surface area contributed by atoms with E-state index in [-0.39, 0.29) is 11.6 Å². The third-order valence-corrected chi connectivity index (χ3v) is 4.21. The first-order valence-corrected chi connectivity index (χ1v) is 8.70. The van der Waals surface area contributed by atoms with Gasteiger partial charge in [0.15, 0.2) is 0 Å². The quantitative estimate of drug-likeness (QED) is 0.671. The molecule has 2 N–H and O–H groups in total. The maximum atomic E-state index is 12.6. The summed E-state index contributed by atoms with van der Waals surface area (Å²) in [7, 11) is 3.10. The molecule has 7 heteroatoms. The minimum absolute atomic E-state index is 0.237. The molecule has 0 radical (unpaired) electrons. The number of carbonyl (C=O) groups is 1. The summed E-state index contributed by atoms with van der Waals surface area (Å²) in [6, 6.07) is 12.9. The van der Waals surface area contributed by atoms with Gasteiger partial charge in [0.1, 0.15) is 29.3 Å². The van der Waals surface area contributed by atoms with E-state index in [1.54, 1.807) is 31.4 Å². The Hall–Kier alpha value is -3.61. The van der Waals surface area contributed by atoms with Crippen LogP contribution < -0.4 is 20.1 Å². The number of ether oxygens (including phenoxy) is 2. The number of aromatic nitrogens is 2. The fourth-order valence-corrected chi connectivity index (χ4v) is 2.65. The van der Waals surface area contributed by atoms with Gasteiger partial charge < -0.3 is 20.1 Å². The number of carbonyl (C=O) groups excluding carboxylic acids is 1. The van der Waals surface area contributed by atoms with E-state index in [0.717, 1.165) is 16.8 Å². The summed E-state index contributed by atoms with van der Waals surface area (Å²) in [5.41, 5.74) is 3.91. The van der Waals surface area contributed by atoms with Crippen molar-refractivity contribution in [3.8, 4) is 11.5 Å². The second-order valence-electron chi connectivity index (χ2n) is 6.25. The third-order valence-electron chi connectivity index (χ3n) is 4.21. The van der Waals surface area contributed by atoms with Gasteiger partial charge in [-0.3, -0.25) is 4.79 Å². The van der Waals surface area contributed by atoms with Crippen molar-refractivity contribution in [1.29, 1.82) is 0 Å². The van der Waals surface area contributed by atoms with Crippen molar-refractivity contribution in [3.63, 3.8) is 0 Å². The Morgan fingerprint density at radius 2 is 1.75 bits per heavy atom. The van der Waals surface area contributed by atoms with Crippen LogP contribution in [0.1, 0.15) is 21.6 Å². The van der Waals surface area contributed by atoms with Crippen molar-refractivity contribution in [2.24, 2.45) is 0 Å². The molecule has 0 aliphatic heterocycles. The SMILES string of the molecule is COc1ccc(NC(=O)c2cc(Nc3cc(C)ccc3C)ncn2)c(OC)c1. The smallest absolute Gasteiger partial charge is 0.274 e. The molecule has 3 aromatic rings. The molecule has 0 spiro atoms. The molecule has 1 amide bonds. The van der Waals surface area contributed by atoms with E-state index in [1.807, 2.05) is 32.0 Å². The molecule has 0 aliphatic carbocycles. The highest BCUT2D eigenvalue weighted by Gasteiger charge is 2.13. The van der Waals surface area contributed by atoms with Crippen molar-refractivity contribution >= 4 is 23.1 Å². The number of methoxy groups -OCH3 is 2. The van der Waals surface area contributed by atoms with E-state index in [0.29, 0.717) is 23.0 Å². The number of anilines is 3. The third kappa shape index (κ3) is 4.37. The molecule has 144 valence electrons. The molecule has 28 heavy (non-hydrogen) atoms. The zero-order chi connectivity index (χ0) is 20.1. The Labute approximate surface area is 163 Å². The van der Waals surface area contributed by atoms with Crippen LogP contribution in [0.4, 0.5) is 17.2 Å². The molecule has 0 saturated heterocycles. The van der Waals surface area contributed by atoms with E-state index in [9.17, 15) is 4.79 Å². The molecule has 7 nitrogen and oxygen atoms in total. The first-order valence-electron chi connectivity index (χ1n) is 8.70. The van der Waals surface area contributed by atoms with Crippen molar-refractivity contribution in [3.05, 3.63) is 65.6 Å². The molecule has 0 fully saturated rings. The van der Waals surface area contributed by atoms with Gasteiger partial charge in [0.2, 0.25) is 0 Å². The molecule has 0 aliphatic rings. The number of nitrogens with one attached hydrogen (secondary N) is 2. The van der Waals surface area contributed by atoms with Crippen LogP contribution in [-0.2, 0) is 0 Å². The van der Waals surface area contributed by atoms with Gasteiger partial charge in [-0.15, -0.1) is 0 Å². The number of aryl methyl sites for hydroxylation is 2. The van der Waals surface area contributed by atoms with Crippen LogP contribution in [0.2, 0.25) is 0 Å². The van der Waals surface area contributed by atoms with Crippen LogP contribution in [0.15, 0.2) is 48.8 Å². The van der Waals surface area contributed by atoms with Crippen LogP contribution in [0.5, 0.6) is 11.5 Å². The summed E-state index contributed by atoms with van der Waals surface area (Å²) in [6.07, 6.45) is 1.35. The van der Waals surface area contributed by atoms with Crippen LogP contribution in [-0.4, -0.2) is 30.1 Å². The molecule has 0 saturated carbocycles. The molecule has 0 unspecified atom stereocenters. The average Bonchev–Trinajstić information content (AvgIpc) is 2.71. The summed E-state index contributed by atoms with van der Waals surface area (Å²) in [5.74, 6) is 1.30. The van der Waals surface area contributed by atoms with E-state index >= 15 is 0 Å². The number of amides is 1. The van der Waals surface area contributed by atoms with Gasteiger partial charge in [-0.25, -0.2) is 9.97 Å². The Balaban J connectivity index is 1.80. The summed E-state index contributed by atoms with van der Waals surface area (Å²) in [5, 5.41) is 6.04. The van der Waals surface area contributed by atoms with Crippen molar-refractivity contribution < 1.29 is 14.3 Å². The predicted molar refractivity (Wildman–Crippen MR) is 109 cm³/mol. The van der Waals surface area contributed by atoms with E-state index < -0.39 is 0 Å². The molecule has 1 heterocycles. The molecule has 2 aromatic carbocycles. The molecule has 3 rings (SSSR count). The summed E-state index contributed by atoms with van der Waals surface area (Å²) < 4.78 is 10.5. The fraction of sp³-hybridized carbons (Fsp3) is 0.190. The molecule has 1 aromatic heterocycles. The van der Waals surface area contributed by atoms with Crippen molar-refractivity contribution in [2.75, 3.05) is 24.9 Å². The highest BCUT2D eigenvalue weighted by atomic mass is 16.5. The van der Waals surface area contributed by atoms with Crippen molar-refractivity contribution in [2.45, 2.75) is 13.8 Å². The Bertz CT molecular complexity index is 1000. The van der Waals surface area contributed by atoms with Gasteiger partial charge in [-0.2, -0.15) is 0 Å². The number of benzene rings is 2. The van der Waals surface area contributed by atoms with Crippen molar-refractivity contribution in [1.82, 2.24) is 9.97 Å². The predicted octanol–water partition coefficient (Wildman–Crippen LogP) is 4.11. The molecule has 0 bridgehead atoms. The van der Waals surface area contributed by atoms with Gasteiger partial charge >= 0.3 is 0 Å². The van der Waals surface area contributed by atoms with E-state index in [2.05, 4.69) is 20.6 Å². The lowest BCUT2D eigenvalue weighted by Crippen LogP contribution is -2.15. The topological polar surface area (TPSA) is 85.4 Å². The highest BCUT2D eigenvalue weighted by Crippen LogP contribution is 2.29. The van der Waals surface area contributed by atoms with Crippen LogP contribution >= 0.6 is 0 Å². The minimum Gasteiger partial charge on any atom is -0.497 e. The van der Waals surface area contributed by atoms with Gasteiger partial charge in [0.25, 0.3) is 5.91 Å². The van der Waals surface area contributed by atoms with Gasteiger partial charge in [-0.05, 0) is 43.2 Å². The van der Waals surface area contributed by atoms with Gasteiger partial charge in [-0.1, -0.05) is 12.1 Å². The molecular formula is C21H22N4O3. The van der Waals surface area contributed by atoms with Crippen LogP contribution in [0.25, 0.3) is 0 Å². The van der Waals surface area contributed by atoms with Gasteiger partial charge in [0, 0.05) is 17.8 Å². The zero-order valence-corrected chi connectivity index (χ0v) is 16.2. The molecule has 0 atom stereocenters. The van der Waals surface area contributed by atoms with E-state index in [1.165, 1.54) is 13.4 Å². The maximum Gasteiger partial charge on any atom is 0.274 e. The Morgan fingerprint density at radius 1 is 0.929 bits per heavy atom. The summed E-state index contributed by atoms with van der Waals surface area (Å²) in [4.78, 5) is 20.9. The molecular weight excluding hydrogens is 356 g/mol. The lowest BCUT2D eigenvalue weighted by molar-refractivity contribution is 0.102. The summed E-state index contributed by atoms with van der Waals surface area (Å²) in [6.45, 7) is 4.03. The zero-order valence-electron chi connectivity index (χ0n) is 16.2. The van der Waals surface area contributed by atoms with Gasteiger partial charge in [0.05, 0.1) is 19.9 Å². The monoisotopic (exact) mass is 378 g/mol. The first kappa shape index (κ1) is 19.2. The lowest BCUT2D eigenvalue weighted by Gasteiger charge is -2.12. The lowest BCUT2D eigenvalue weighted by atomic mass is 10.1. The second-order valence-corrected chi connectivity index (χ2v) is 6.25. The van der Waals surface area contributed by atoms with E-state index in [4.69, 9.17) is 9.47 Å². The first-order chi connectivity index (χ1) is 13.5. The maximum absolute atomic E-state index is 12.6. The Kier molecular flexibility index (Phi) is 5.74. The standard InChI is InChI=1S/C21H22N4O3/c1-13-5-6-14(2)17(9-13)24-20-11-18(22-12-23-20)21(26)25-16-8-7-15(27-3)10-19(16)28-4/h5-12H,1-4H3,(H,25,26)(H,22,23,24). The van der Waals surface area contributed by atoms with Crippen LogP contribution in [0, 0.1) is 13.8 Å². The second kappa shape index (κ2) is 8.39. The number of nitrogens with zero attached hydrogens (tertiary/aromatic N) is 2. The minimum atomic E-state index is -0.366. The average molecular weight is 378 g/mol. The number of hydrogen-bond donors (Lipinski definition) is 2. The number of rotatable bonds is 6. The highest BCUT2D eigenvalue weighted by molar-refractivity contribution is 6.04. The normalized spacial score (nSPS) is 10.3. The Morgan fingerprint density at radius 3 is 2.50 bits per heavy atom. The fourth-order valence-electron chi connectivity index (χ4n) is 2.65. The van der Waals surface area contributed by atoms with Crippen LogP contribution in [0.3, 0.4) is 0 Å².